The van der Waals surface area contributed by atoms with Crippen molar-refractivity contribution in [2.24, 2.45) is 11.7 Å². The highest BCUT2D eigenvalue weighted by Crippen LogP contribution is 2.40. The SMILES string of the molecule is NCC1CC(C2CCCCC2)Oc2ccccc21. The fourth-order valence-electron chi connectivity index (χ4n) is 3.56. The molecule has 1 aliphatic carbocycles. The molecular formula is C16H23NO. The first kappa shape index (κ1) is 12.0. The Balaban J connectivity index is 1.80. The molecule has 1 fully saturated rings. The van der Waals surface area contributed by atoms with E-state index in [9.17, 15) is 0 Å². The van der Waals surface area contributed by atoms with Crippen molar-refractivity contribution in [1.82, 2.24) is 0 Å². The van der Waals surface area contributed by atoms with Gasteiger partial charge in [-0.15, -0.1) is 0 Å². The fourth-order valence-corrected chi connectivity index (χ4v) is 3.56. The molecule has 2 unspecified atom stereocenters. The summed E-state index contributed by atoms with van der Waals surface area (Å²) in [5.41, 5.74) is 7.27. The van der Waals surface area contributed by atoms with Gasteiger partial charge in [-0.2, -0.15) is 0 Å². The van der Waals surface area contributed by atoms with E-state index in [4.69, 9.17) is 10.5 Å². The second-order valence-electron chi connectivity index (χ2n) is 5.76. The Hall–Kier alpha value is -1.02. The Morgan fingerprint density at radius 2 is 1.89 bits per heavy atom. The summed E-state index contributed by atoms with van der Waals surface area (Å²) in [6.45, 7) is 0.740. The molecular weight excluding hydrogens is 222 g/mol. The summed E-state index contributed by atoms with van der Waals surface area (Å²) in [7, 11) is 0. The molecule has 2 atom stereocenters. The highest BCUT2D eigenvalue weighted by atomic mass is 16.5. The van der Waals surface area contributed by atoms with Crippen molar-refractivity contribution in [2.75, 3.05) is 6.54 Å². The van der Waals surface area contributed by atoms with Crippen LogP contribution in [0.3, 0.4) is 0 Å². The van der Waals surface area contributed by atoms with Crippen LogP contribution in [0.15, 0.2) is 24.3 Å². The van der Waals surface area contributed by atoms with Crippen LogP contribution in [0.2, 0.25) is 0 Å². The molecule has 0 bridgehead atoms. The number of ether oxygens (including phenoxy) is 1. The maximum Gasteiger partial charge on any atom is 0.123 e. The largest absolute Gasteiger partial charge is 0.490 e. The average Bonchev–Trinajstić information content (AvgIpc) is 2.47. The molecule has 2 heteroatoms. The zero-order chi connectivity index (χ0) is 12.4. The maximum absolute atomic E-state index is 6.25. The molecule has 2 aliphatic rings. The average molecular weight is 245 g/mol. The Labute approximate surface area is 110 Å². The summed E-state index contributed by atoms with van der Waals surface area (Å²) in [6, 6.07) is 8.43. The van der Waals surface area contributed by atoms with Crippen molar-refractivity contribution in [3.63, 3.8) is 0 Å². The molecule has 1 aromatic rings. The molecule has 2 N–H and O–H groups in total. The summed E-state index contributed by atoms with van der Waals surface area (Å²) in [4.78, 5) is 0. The highest BCUT2D eigenvalue weighted by Gasteiger charge is 2.33. The molecule has 0 amide bonds. The van der Waals surface area contributed by atoms with Crippen molar-refractivity contribution in [3.05, 3.63) is 29.8 Å². The van der Waals surface area contributed by atoms with Gasteiger partial charge in [-0.25, -0.2) is 0 Å². The first-order valence-corrected chi connectivity index (χ1v) is 7.34. The molecule has 2 nitrogen and oxygen atoms in total. The number of nitrogens with two attached hydrogens (primary N) is 1. The fraction of sp³-hybridized carbons (Fsp3) is 0.625. The molecule has 0 aromatic heterocycles. The Kier molecular flexibility index (Phi) is 3.55. The van der Waals surface area contributed by atoms with Gasteiger partial charge in [-0.1, -0.05) is 37.5 Å². The van der Waals surface area contributed by atoms with Crippen LogP contribution in [0.25, 0.3) is 0 Å². The molecule has 1 aliphatic heterocycles. The lowest BCUT2D eigenvalue weighted by atomic mass is 9.79. The van der Waals surface area contributed by atoms with E-state index in [2.05, 4.69) is 24.3 Å². The van der Waals surface area contributed by atoms with Crippen LogP contribution in [0.1, 0.15) is 50.0 Å². The Morgan fingerprint density at radius 1 is 1.11 bits per heavy atom. The molecule has 0 saturated heterocycles. The molecule has 1 aromatic carbocycles. The molecule has 18 heavy (non-hydrogen) atoms. The van der Waals surface area contributed by atoms with Crippen molar-refractivity contribution in [2.45, 2.75) is 50.5 Å². The van der Waals surface area contributed by atoms with E-state index in [1.807, 2.05) is 0 Å². The lowest BCUT2D eigenvalue weighted by Gasteiger charge is -2.37. The van der Waals surface area contributed by atoms with Crippen molar-refractivity contribution < 1.29 is 4.74 Å². The van der Waals surface area contributed by atoms with E-state index in [1.165, 1.54) is 37.7 Å². The van der Waals surface area contributed by atoms with Gasteiger partial charge in [0, 0.05) is 5.92 Å². The molecule has 0 radical (unpaired) electrons. The van der Waals surface area contributed by atoms with Crippen molar-refractivity contribution in [1.29, 1.82) is 0 Å². The van der Waals surface area contributed by atoms with E-state index in [1.54, 1.807) is 0 Å². The number of hydrogen-bond acceptors (Lipinski definition) is 2. The monoisotopic (exact) mass is 245 g/mol. The van der Waals surface area contributed by atoms with Crippen molar-refractivity contribution >= 4 is 0 Å². The Bertz CT molecular complexity index is 398. The lowest BCUT2D eigenvalue weighted by molar-refractivity contribution is 0.0786. The summed E-state index contributed by atoms with van der Waals surface area (Å²) < 4.78 is 6.25. The van der Waals surface area contributed by atoms with Gasteiger partial charge in [0.2, 0.25) is 0 Å². The van der Waals surface area contributed by atoms with E-state index in [0.717, 1.165) is 24.6 Å². The van der Waals surface area contributed by atoms with Gasteiger partial charge < -0.3 is 10.5 Å². The minimum absolute atomic E-state index is 0.397. The topological polar surface area (TPSA) is 35.2 Å². The van der Waals surface area contributed by atoms with E-state index in [0.29, 0.717) is 12.0 Å². The summed E-state index contributed by atoms with van der Waals surface area (Å²) in [5, 5.41) is 0. The summed E-state index contributed by atoms with van der Waals surface area (Å²) in [6.07, 6.45) is 8.33. The number of para-hydroxylation sites is 1. The van der Waals surface area contributed by atoms with Gasteiger partial charge in [0.05, 0.1) is 0 Å². The standard InChI is InChI=1S/C16H23NO/c17-11-13-10-16(12-6-2-1-3-7-12)18-15-9-5-4-8-14(13)15/h4-5,8-9,12-13,16H,1-3,6-7,10-11,17H2. The third kappa shape index (κ3) is 2.26. The first-order chi connectivity index (χ1) is 8.88. The highest BCUT2D eigenvalue weighted by molar-refractivity contribution is 5.38. The zero-order valence-electron chi connectivity index (χ0n) is 11.0. The van der Waals surface area contributed by atoms with Gasteiger partial charge in [-0.3, -0.25) is 0 Å². The third-order valence-corrected chi connectivity index (χ3v) is 4.61. The number of hydrogen-bond donors (Lipinski definition) is 1. The minimum Gasteiger partial charge on any atom is -0.490 e. The second kappa shape index (κ2) is 5.31. The maximum atomic E-state index is 6.25. The zero-order valence-corrected chi connectivity index (χ0v) is 11.0. The van der Waals surface area contributed by atoms with Crippen LogP contribution < -0.4 is 10.5 Å². The van der Waals surface area contributed by atoms with Crippen LogP contribution in [-0.2, 0) is 0 Å². The van der Waals surface area contributed by atoms with Crippen LogP contribution in [0.5, 0.6) is 5.75 Å². The van der Waals surface area contributed by atoms with Gasteiger partial charge in [0.25, 0.3) is 0 Å². The van der Waals surface area contributed by atoms with E-state index >= 15 is 0 Å². The van der Waals surface area contributed by atoms with Crippen LogP contribution in [-0.4, -0.2) is 12.6 Å². The van der Waals surface area contributed by atoms with Gasteiger partial charge in [0.15, 0.2) is 0 Å². The summed E-state index contributed by atoms with van der Waals surface area (Å²) in [5.74, 6) is 2.32. The molecule has 3 rings (SSSR count). The quantitative estimate of drug-likeness (QED) is 0.866. The molecule has 1 heterocycles. The molecule has 1 saturated carbocycles. The number of benzene rings is 1. The normalized spacial score (nSPS) is 28.5. The second-order valence-corrected chi connectivity index (χ2v) is 5.76. The number of fused-ring (bicyclic) bond motifs is 1. The van der Waals surface area contributed by atoms with Crippen LogP contribution in [0.4, 0.5) is 0 Å². The molecule has 98 valence electrons. The van der Waals surface area contributed by atoms with Crippen molar-refractivity contribution in [3.8, 4) is 5.75 Å². The van der Waals surface area contributed by atoms with Gasteiger partial charge in [-0.05, 0) is 43.4 Å². The number of rotatable bonds is 2. The van der Waals surface area contributed by atoms with E-state index < -0.39 is 0 Å². The third-order valence-electron chi connectivity index (χ3n) is 4.61. The predicted molar refractivity (Wildman–Crippen MR) is 73.8 cm³/mol. The van der Waals surface area contributed by atoms with E-state index in [-0.39, 0.29) is 0 Å². The van der Waals surface area contributed by atoms with Gasteiger partial charge in [0.1, 0.15) is 11.9 Å². The van der Waals surface area contributed by atoms with Gasteiger partial charge >= 0.3 is 0 Å². The van der Waals surface area contributed by atoms with Crippen LogP contribution >= 0.6 is 0 Å². The lowest BCUT2D eigenvalue weighted by Crippen LogP contribution is -2.35. The summed E-state index contributed by atoms with van der Waals surface area (Å²) >= 11 is 0. The smallest absolute Gasteiger partial charge is 0.123 e. The minimum atomic E-state index is 0.397. The molecule has 0 spiro atoms. The van der Waals surface area contributed by atoms with Crippen LogP contribution in [0, 0.1) is 5.92 Å². The predicted octanol–water partition coefficient (Wildman–Crippen LogP) is 3.46. The Morgan fingerprint density at radius 3 is 2.67 bits per heavy atom. The first-order valence-electron chi connectivity index (χ1n) is 7.34.